The van der Waals surface area contributed by atoms with Gasteiger partial charge in [0.05, 0.1) is 12.3 Å². The largest absolute Gasteiger partial charge is 0.392 e. The van der Waals surface area contributed by atoms with Crippen molar-refractivity contribution >= 4 is 11.3 Å². The maximum absolute atomic E-state index is 14.3. The van der Waals surface area contributed by atoms with Crippen LogP contribution in [0.15, 0.2) is 12.4 Å². The molecule has 0 unspecified atom stereocenters. The summed E-state index contributed by atoms with van der Waals surface area (Å²) >= 11 is 0. The van der Waals surface area contributed by atoms with Crippen LogP contribution in [0.1, 0.15) is 11.8 Å². The summed E-state index contributed by atoms with van der Waals surface area (Å²) in [5.74, 6) is -0.946. The third-order valence-electron chi connectivity index (χ3n) is 3.69. The quantitative estimate of drug-likeness (QED) is 0.680. The summed E-state index contributed by atoms with van der Waals surface area (Å²) in [7, 11) is 0. The predicted molar refractivity (Wildman–Crippen MR) is 67.5 cm³/mol. The van der Waals surface area contributed by atoms with Gasteiger partial charge in [-0.15, -0.1) is 0 Å². The number of anilines is 1. The zero-order valence-corrected chi connectivity index (χ0v) is 11.0. The first-order valence-corrected chi connectivity index (χ1v) is 6.25. The second-order valence-electron chi connectivity index (χ2n) is 4.91. The summed E-state index contributed by atoms with van der Waals surface area (Å²) < 4.78 is 34.5. The van der Waals surface area contributed by atoms with Crippen molar-refractivity contribution in [1.82, 2.24) is 14.6 Å². The molecule has 2 aromatic rings. The molecule has 1 aliphatic rings. The Kier molecular flexibility index (Phi) is 3.21. The highest BCUT2D eigenvalue weighted by molar-refractivity contribution is 5.66. The number of nitrogens with zero attached hydrogens (tertiary/aromatic N) is 4. The molecule has 116 valence electrons. The number of nitriles is 1. The van der Waals surface area contributed by atoms with Gasteiger partial charge < -0.3 is 20.7 Å². The molecule has 10 heteroatoms. The van der Waals surface area contributed by atoms with E-state index in [1.54, 1.807) is 6.07 Å². The van der Waals surface area contributed by atoms with Gasteiger partial charge in [0.1, 0.15) is 30.1 Å². The average Bonchev–Trinajstić information content (AvgIpc) is 2.98. The summed E-state index contributed by atoms with van der Waals surface area (Å²) in [5, 5.41) is 31.9. The summed E-state index contributed by atoms with van der Waals surface area (Å²) in [6.45, 7) is -0.912. The molecule has 22 heavy (non-hydrogen) atoms. The van der Waals surface area contributed by atoms with Crippen molar-refractivity contribution in [3.8, 4) is 6.07 Å². The number of ether oxygens (including phenoxy) is 1. The van der Waals surface area contributed by atoms with E-state index in [0.29, 0.717) is 0 Å². The van der Waals surface area contributed by atoms with Crippen molar-refractivity contribution in [3.63, 3.8) is 0 Å². The number of hydrogen-bond acceptors (Lipinski definition) is 7. The fourth-order valence-electron chi connectivity index (χ4n) is 2.51. The second-order valence-corrected chi connectivity index (χ2v) is 4.91. The van der Waals surface area contributed by atoms with E-state index in [1.807, 2.05) is 0 Å². The van der Waals surface area contributed by atoms with E-state index >= 15 is 0 Å². The number of nitrogens with two attached hydrogens (primary N) is 1. The molecule has 0 saturated carbocycles. The summed E-state index contributed by atoms with van der Waals surface area (Å²) in [4.78, 5) is 3.63. The molecule has 1 aliphatic heterocycles. The monoisotopic (exact) mass is 311 g/mol. The van der Waals surface area contributed by atoms with E-state index in [1.165, 1.54) is 0 Å². The van der Waals surface area contributed by atoms with Crippen LogP contribution < -0.4 is 5.73 Å². The minimum absolute atomic E-state index is 0.0845. The molecule has 1 fully saturated rings. The van der Waals surface area contributed by atoms with Gasteiger partial charge in [-0.3, -0.25) is 0 Å². The Morgan fingerprint density at radius 1 is 1.59 bits per heavy atom. The van der Waals surface area contributed by atoms with E-state index in [0.717, 1.165) is 16.9 Å². The number of halogens is 2. The van der Waals surface area contributed by atoms with Crippen molar-refractivity contribution in [2.24, 2.45) is 0 Å². The van der Waals surface area contributed by atoms with Gasteiger partial charge >= 0.3 is 0 Å². The van der Waals surface area contributed by atoms with Crippen LogP contribution in [0.5, 0.6) is 0 Å². The Morgan fingerprint density at radius 3 is 2.91 bits per heavy atom. The molecule has 0 radical (unpaired) electrons. The Balaban J connectivity index is 2.14. The lowest BCUT2D eigenvalue weighted by molar-refractivity contribution is -0.0746. The van der Waals surface area contributed by atoms with Crippen molar-refractivity contribution in [3.05, 3.63) is 23.9 Å². The highest BCUT2D eigenvalue weighted by atomic mass is 19.1. The number of aliphatic hydroxyl groups excluding tert-OH is 2. The SMILES string of the molecule is N#C[C@]1(CO)O[C@@H](c2cc(F)c3c(N)ncnn23)[C@H](F)[C@@H]1O. The van der Waals surface area contributed by atoms with Gasteiger partial charge in [0.25, 0.3) is 0 Å². The van der Waals surface area contributed by atoms with E-state index in [2.05, 4.69) is 10.1 Å². The average molecular weight is 311 g/mol. The predicted octanol–water partition coefficient (Wildman–Crippen LogP) is -0.524. The molecule has 3 heterocycles. The fraction of sp³-hybridized carbons (Fsp3) is 0.417. The highest BCUT2D eigenvalue weighted by Crippen LogP contribution is 2.42. The van der Waals surface area contributed by atoms with Gasteiger partial charge in [-0.25, -0.2) is 18.3 Å². The number of fused-ring (bicyclic) bond motifs is 1. The van der Waals surface area contributed by atoms with E-state index in [9.17, 15) is 19.0 Å². The number of aromatic nitrogens is 3. The molecule has 3 rings (SSSR count). The smallest absolute Gasteiger partial charge is 0.206 e. The topological polar surface area (TPSA) is 130 Å². The van der Waals surface area contributed by atoms with E-state index < -0.39 is 36.4 Å². The van der Waals surface area contributed by atoms with Crippen LogP contribution in [0.3, 0.4) is 0 Å². The standard InChI is InChI=1S/C12H11F2N5O3/c13-5-1-6(19-8(5)11(16)17-4-18-19)9-7(14)10(21)12(2-15,3-20)22-9/h1,4,7,9-10,20-21H,3H2,(H2,16,17,18)/t7-,9-,10-,12+/m0/s1. The van der Waals surface area contributed by atoms with Crippen LogP contribution in [0.25, 0.3) is 5.52 Å². The number of rotatable bonds is 2. The Hall–Kier alpha value is -2.35. The van der Waals surface area contributed by atoms with Gasteiger partial charge in [0, 0.05) is 6.07 Å². The van der Waals surface area contributed by atoms with Gasteiger partial charge in [-0.05, 0) is 0 Å². The first kappa shape index (κ1) is 14.6. The zero-order chi connectivity index (χ0) is 16.1. The molecule has 1 saturated heterocycles. The van der Waals surface area contributed by atoms with Crippen LogP contribution in [-0.4, -0.2) is 49.3 Å². The lowest BCUT2D eigenvalue weighted by Crippen LogP contribution is -2.44. The van der Waals surface area contributed by atoms with Gasteiger partial charge in [-0.2, -0.15) is 10.4 Å². The zero-order valence-electron chi connectivity index (χ0n) is 11.0. The number of aliphatic hydroxyl groups is 2. The van der Waals surface area contributed by atoms with Crippen molar-refractivity contribution in [2.75, 3.05) is 12.3 Å². The van der Waals surface area contributed by atoms with Gasteiger partial charge in [0.2, 0.25) is 5.60 Å². The van der Waals surface area contributed by atoms with Crippen LogP contribution in [-0.2, 0) is 4.74 Å². The van der Waals surface area contributed by atoms with Crippen molar-refractivity contribution in [1.29, 1.82) is 5.26 Å². The van der Waals surface area contributed by atoms with Gasteiger partial charge in [0.15, 0.2) is 17.8 Å². The van der Waals surface area contributed by atoms with E-state index in [4.69, 9.17) is 15.7 Å². The molecule has 0 aromatic carbocycles. The molecule has 0 aliphatic carbocycles. The fourth-order valence-corrected chi connectivity index (χ4v) is 2.51. The van der Waals surface area contributed by atoms with Crippen LogP contribution in [0, 0.1) is 17.1 Å². The van der Waals surface area contributed by atoms with Gasteiger partial charge in [-0.1, -0.05) is 0 Å². The van der Waals surface area contributed by atoms with Crippen molar-refractivity contribution < 1.29 is 23.7 Å². The Bertz CT molecular complexity index is 776. The third kappa shape index (κ3) is 1.77. The van der Waals surface area contributed by atoms with Crippen LogP contribution in [0.2, 0.25) is 0 Å². The second kappa shape index (κ2) is 4.84. The maximum atomic E-state index is 14.3. The number of alkyl halides is 1. The molecule has 8 nitrogen and oxygen atoms in total. The lowest BCUT2D eigenvalue weighted by Gasteiger charge is -2.20. The Morgan fingerprint density at radius 2 is 2.32 bits per heavy atom. The minimum atomic E-state index is -2.12. The molecule has 4 atom stereocenters. The van der Waals surface area contributed by atoms with Crippen molar-refractivity contribution in [2.45, 2.75) is 24.0 Å². The summed E-state index contributed by atoms with van der Waals surface area (Å²) in [6.07, 6.45) is -4.39. The summed E-state index contributed by atoms with van der Waals surface area (Å²) in [6, 6.07) is 2.49. The molecule has 0 bridgehead atoms. The maximum Gasteiger partial charge on any atom is 0.206 e. The first-order valence-electron chi connectivity index (χ1n) is 6.25. The lowest BCUT2D eigenvalue weighted by atomic mass is 9.97. The third-order valence-corrected chi connectivity index (χ3v) is 3.69. The molecular formula is C12H11F2N5O3. The molecule has 0 spiro atoms. The Labute approximate surface area is 122 Å². The van der Waals surface area contributed by atoms with E-state index in [-0.39, 0.29) is 17.0 Å². The molecule has 0 amide bonds. The van der Waals surface area contributed by atoms with Crippen LogP contribution >= 0.6 is 0 Å². The minimum Gasteiger partial charge on any atom is -0.392 e. The molecular weight excluding hydrogens is 300 g/mol. The van der Waals surface area contributed by atoms with Crippen LogP contribution in [0.4, 0.5) is 14.6 Å². The number of hydrogen-bond donors (Lipinski definition) is 3. The summed E-state index contributed by atoms with van der Waals surface area (Å²) in [5.41, 5.74) is 3.18. The molecule has 2 aromatic heterocycles. The first-order chi connectivity index (χ1) is 10.4. The molecule has 4 N–H and O–H groups in total. The number of nitrogen functional groups attached to an aromatic ring is 1. The normalized spacial score (nSPS) is 31.5. The highest BCUT2D eigenvalue weighted by Gasteiger charge is 2.57.